The first-order chi connectivity index (χ1) is 15.5. The summed E-state index contributed by atoms with van der Waals surface area (Å²) in [5.41, 5.74) is 0.608. The number of hydrogen-bond donors (Lipinski definition) is 1. The Bertz CT molecular complexity index is 982. The second kappa shape index (κ2) is 10.4. The minimum Gasteiger partial charge on any atom is -0.354 e. The van der Waals surface area contributed by atoms with Gasteiger partial charge in [0.25, 0.3) is 0 Å². The van der Waals surface area contributed by atoms with Crippen LogP contribution in [0, 0.1) is 0 Å². The van der Waals surface area contributed by atoms with Crippen molar-refractivity contribution in [3.05, 3.63) is 48.7 Å². The number of piperazine rings is 1. The number of nitrogens with one attached hydrogen (secondary N) is 1. The number of pyridine rings is 1. The first-order valence-corrected chi connectivity index (χ1v) is 12.7. The Labute approximate surface area is 190 Å². The van der Waals surface area contributed by atoms with Crippen LogP contribution in [-0.2, 0) is 14.8 Å². The summed E-state index contributed by atoms with van der Waals surface area (Å²) in [6.45, 7) is 4.70. The monoisotopic (exact) mass is 457 g/mol. The van der Waals surface area contributed by atoms with Gasteiger partial charge in [0.05, 0.1) is 11.4 Å². The molecule has 2 aliphatic heterocycles. The third-order valence-corrected chi connectivity index (χ3v) is 7.97. The number of benzene rings is 1. The maximum atomic E-state index is 12.9. The molecule has 0 bridgehead atoms. The highest BCUT2D eigenvalue weighted by atomic mass is 32.2. The van der Waals surface area contributed by atoms with E-state index in [9.17, 15) is 13.2 Å². The second-order valence-electron chi connectivity index (χ2n) is 8.34. The summed E-state index contributed by atoms with van der Waals surface area (Å²) in [5, 5.41) is 2.89. The van der Waals surface area contributed by atoms with Gasteiger partial charge in [0.2, 0.25) is 15.9 Å². The summed E-state index contributed by atoms with van der Waals surface area (Å²) in [7, 11) is -3.48. The van der Waals surface area contributed by atoms with Crippen molar-refractivity contribution in [1.29, 1.82) is 0 Å². The standard InChI is InChI=1S/C23H31N5O3S/c29-23(19-26-15-17-27(18-16-26)22-7-3-4-12-24-22)25-20-8-10-21(11-9-20)32(30,31)28-13-5-1-2-6-14-28/h3-4,7-12H,1-2,5-6,13-19H2,(H,25,29). The molecule has 32 heavy (non-hydrogen) atoms. The third-order valence-electron chi connectivity index (χ3n) is 6.05. The SMILES string of the molecule is O=C(CN1CCN(c2ccccn2)CC1)Nc1ccc(S(=O)(=O)N2CCCCCC2)cc1. The van der Waals surface area contributed by atoms with Crippen LogP contribution in [0.2, 0.25) is 0 Å². The second-order valence-corrected chi connectivity index (χ2v) is 10.3. The Morgan fingerprint density at radius 2 is 1.56 bits per heavy atom. The molecule has 0 aliphatic carbocycles. The van der Waals surface area contributed by atoms with E-state index in [0.29, 0.717) is 25.3 Å². The van der Waals surface area contributed by atoms with Crippen LogP contribution in [0.5, 0.6) is 0 Å². The van der Waals surface area contributed by atoms with Crippen molar-refractivity contribution in [1.82, 2.24) is 14.2 Å². The van der Waals surface area contributed by atoms with Crippen LogP contribution in [0.1, 0.15) is 25.7 Å². The highest BCUT2D eigenvalue weighted by Crippen LogP contribution is 2.22. The van der Waals surface area contributed by atoms with E-state index < -0.39 is 10.0 Å². The van der Waals surface area contributed by atoms with E-state index >= 15 is 0 Å². The minimum absolute atomic E-state index is 0.0978. The van der Waals surface area contributed by atoms with E-state index in [1.54, 1.807) is 34.8 Å². The van der Waals surface area contributed by atoms with Crippen molar-refractivity contribution in [2.75, 3.05) is 56.0 Å². The average Bonchev–Trinajstić information content (AvgIpc) is 3.11. The Morgan fingerprint density at radius 1 is 0.875 bits per heavy atom. The van der Waals surface area contributed by atoms with Crippen molar-refractivity contribution in [2.45, 2.75) is 30.6 Å². The van der Waals surface area contributed by atoms with Crippen LogP contribution in [-0.4, -0.2) is 74.3 Å². The average molecular weight is 458 g/mol. The molecule has 4 rings (SSSR count). The summed E-state index contributed by atoms with van der Waals surface area (Å²) >= 11 is 0. The zero-order chi connectivity index (χ0) is 22.4. The lowest BCUT2D eigenvalue weighted by Crippen LogP contribution is -2.48. The van der Waals surface area contributed by atoms with Crippen LogP contribution in [0.15, 0.2) is 53.6 Å². The van der Waals surface area contributed by atoms with Crippen LogP contribution in [0.4, 0.5) is 11.5 Å². The summed E-state index contributed by atoms with van der Waals surface area (Å²) in [6, 6.07) is 12.4. The van der Waals surface area contributed by atoms with E-state index in [-0.39, 0.29) is 10.8 Å². The van der Waals surface area contributed by atoms with Crippen LogP contribution >= 0.6 is 0 Å². The van der Waals surface area contributed by atoms with Gasteiger partial charge >= 0.3 is 0 Å². The normalized spacial score (nSPS) is 18.8. The van der Waals surface area contributed by atoms with E-state index in [1.165, 1.54) is 0 Å². The lowest BCUT2D eigenvalue weighted by molar-refractivity contribution is -0.117. The fraction of sp³-hybridized carbons (Fsp3) is 0.478. The molecule has 0 saturated carbocycles. The van der Waals surface area contributed by atoms with Gasteiger partial charge in [0.1, 0.15) is 5.82 Å². The molecule has 1 amide bonds. The highest BCUT2D eigenvalue weighted by Gasteiger charge is 2.25. The van der Waals surface area contributed by atoms with Crippen molar-refractivity contribution < 1.29 is 13.2 Å². The van der Waals surface area contributed by atoms with E-state index in [1.807, 2.05) is 18.2 Å². The number of nitrogens with zero attached hydrogens (tertiary/aromatic N) is 4. The largest absolute Gasteiger partial charge is 0.354 e. The van der Waals surface area contributed by atoms with Crippen LogP contribution in [0.3, 0.4) is 0 Å². The highest BCUT2D eigenvalue weighted by molar-refractivity contribution is 7.89. The molecule has 2 aromatic rings. The Hall–Kier alpha value is -2.49. The number of rotatable bonds is 6. The van der Waals surface area contributed by atoms with Crippen molar-refractivity contribution in [3.63, 3.8) is 0 Å². The summed E-state index contributed by atoms with van der Waals surface area (Å²) < 4.78 is 27.4. The molecule has 0 radical (unpaired) electrons. The molecule has 2 aliphatic rings. The number of anilines is 2. The number of amides is 1. The van der Waals surface area contributed by atoms with Crippen molar-refractivity contribution in [3.8, 4) is 0 Å². The maximum Gasteiger partial charge on any atom is 0.243 e. The van der Waals surface area contributed by atoms with Gasteiger partial charge in [0, 0.05) is 51.2 Å². The molecule has 0 atom stereocenters. The third kappa shape index (κ3) is 5.65. The Kier molecular flexibility index (Phi) is 7.39. The molecular weight excluding hydrogens is 426 g/mol. The number of carbonyl (C=O) groups excluding carboxylic acids is 1. The molecule has 172 valence electrons. The molecule has 1 aromatic carbocycles. The topological polar surface area (TPSA) is 85.9 Å². The van der Waals surface area contributed by atoms with Gasteiger partial charge in [-0.1, -0.05) is 18.9 Å². The van der Waals surface area contributed by atoms with Gasteiger partial charge in [-0.25, -0.2) is 13.4 Å². The number of aromatic nitrogens is 1. The fourth-order valence-electron chi connectivity index (χ4n) is 4.22. The maximum absolute atomic E-state index is 12.9. The first-order valence-electron chi connectivity index (χ1n) is 11.3. The number of sulfonamides is 1. The number of carbonyl (C=O) groups is 1. The summed E-state index contributed by atoms with van der Waals surface area (Å²) in [6.07, 6.45) is 5.76. The molecule has 2 saturated heterocycles. The molecule has 9 heteroatoms. The fourth-order valence-corrected chi connectivity index (χ4v) is 5.74. The van der Waals surface area contributed by atoms with Gasteiger partial charge in [0.15, 0.2) is 0 Å². The molecule has 3 heterocycles. The summed E-state index contributed by atoms with van der Waals surface area (Å²) in [4.78, 5) is 21.5. The quantitative estimate of drug-likeness (QED) is 0.717. The lowest BCUT2D eigenvalue weighted by atomic mass is 10.2. The van der Waals surface area contributed by atoms with Gasteiger partial charge in [-0.2, -0.15) is 4.31 Å². The van der Waals surface area contributed by atoms with Gasteiger partial charge in [-0.15, -0.1) is 0 Å². The van der Waals surface area contributed by atoms with Crippen LogP contribution in [0.25, 0.3) is 0 Å². The molecule has 8 nitrogen and oxygen atoms in total. The molecule has 0 spiro atoms. The minimum atomic E-state index is -3.48. The number of hydrogen-bond acceptors (Lipinski definition) is 6. The van der Waals surface area contributed by atoms with Crippen molar-refractivity contribution in [2.24, 2.45) is 0 Å². The molecule has 1 N–H and O–H groups in total. The lowest BCUT2D eigenvalue weighted by Gasteiger charge is -2.34. The van der Waals surface area contributed by atoms with E-state index in [2.05, 4.69) is 20.1 Å². The van der Waals surface area contributed by atoms with Gasteiger partial charge < -0.3 is 10.2 Å². The smallest absolute Gasteiger partial charge is 0.243 e. The van der Waals surface area contributed by atoms with Crippen LogP contribution < -0.4 is 10.2 Å². The van der Waals surface area contributed by atoms with Gasteiger partial charge in [-0.05, 0) is 49.2 Å². The molecule has 1 aromatic heterocycles. The summed E-state index contributed by atoms with van der Waals surface area (Å²) in [5.74, 6) is 0.867. The molecule has 2 fully saturated rings. The van der Waals surface area contributed by atoms with E-state index in [4.69, 9.17) is 0 Å². The predicted molar refractivity (Wildman–Crippen MR) is 125 cm³/mol. The van der Waals surface area contributed by atoms with Gasteiger partial charge in [-0.3, -0.25) is 9.69 Å². The Balaban J connectivity index is 1.28. The first kappa shape index (κ1) is 22.7. The van der Waals surface area contributed by atoms with Crippen molar-refractivity contribution >= 4 is 27.4 Å². The Morgan fingerprint density at radius 3 is 2.19 bits per heavy atom. The predicted octanol–water partition coefficient (Wildman–Crippen LogP) is 2.41. The molecular formula is C23H31N5O3S. The van der Waals surface area contributed by atoms with E-state index in [0.717, 1.165) is 57.7 Å². The molecule has 0 unspecified atom stereocenters. The zero-order valence-corrected chi connectivity index (χ0v) is 19.1. The zero-order valence-electron chi connectivity index (χ0n) is 18.3.